The van der Waals surface area contributed by atoms with Crippen LogP contribution >= 0.6 is 11.6 Å². The van der Waals surface area contributed by atoms with Crippen molar-refractivity contribution in [3.05, 3.63) is 64.4 Å². The molecule has 0 aromatic heterocycles. The second-order valence-corrected chi connectivity index (χ2v) is 7.03. The molecule has 28 heavy (non-hydrogen) atoms. The first-order valence-corrected chi connectivity index (χ1v) is 9.50. The maximum absolute atomic E-state index is 12.9. The molecule has 1 unspecified atom stereocenters. The zero-order chi connectivity index (χ0) is 20.7. The summed E-state index contributed by atoms with van der Waals surface area (Å²) >= 11 is 6.00. The average molecular weight is 406 g/mol. The van der Waals surface area contributed by atoms with Gasteiger partial charge in [0, 0.05) is 17.3 Å². The van der Waals surface area contributed by atoms with Crippen molar-refractivity contribution in [1.29, 1.82) is 0 Å². The molecule has 0 saturated heterocycles. The van der Waals surface area contributed by atoms with Crippen LogP contribution in [0.25, 0.3) is 0 Å². The minimum absolute atomic E-state index is 0.0841. The minimum atomic E-state index is -0.500. The molecule has 5 nitrogen and oxygen atoms in total. The molecule has 0 radical (unpaired) electrons. The SMILES string of the molecule is CCN(CC(=O)NCc1ccc(F)cc1)C(C)C(=O)Nc1cc(Cl)ccc1C. The van der Waals surface area contributed by atoms with Gasteiger partial charge in [0.25, 0.3) is 0 Å². The summed E-state index contributed by atoms with van der Waals surface area (Å²) in [5, 5.41) is 6.20. The van der Waals surface area contributed by atoms with Gasteiger partial charge in [-0.2, -0.15) is 0 Å². The summed E-state index contributed by atoms with van der Waals surface area (Å²) in [7, 11) is 0. The van der Waals surface area contributed by atoms with E-state index in [4.69, 9.17) is 11.6 Å². The van der Waals surface area contributed by atoms with Crippen LogP contribution in [0.15, 0.2) is 42.5 Å². The van der Waals surface area contributed by atoms with Crippen LogP contribution < -0.4 is 10.6 Å². The Balaban J connectivity index is 1.91. The number of nitrogens with zero attached hydrogens (tertiary/aromatic N) is 1. The number of rotatable bonds is 8. The van der Waals surface area contributed by atoms with Crippen molar-refractivity contribution < 1.29 is 14.0 Å². The minimum Gasteiger partial charge on any atom is -0.351 e. The summed E-state index contributed by atoms with van der Waals surface area (Å²) in [5.74, 6) is -0.731. The Labute approximate surface area is 169 Å². The van der Waals surface area contributed by atoms with E-state index in [0.29, 0.717) is 23.8 Å². The van der Waals surface area contributed by atoms with Gasteiger partial charge in [-0.15, -0.1) is 0 Å². The van der Waals surface area contributed by atoms with Gasteiger partial charge in [0.05, 0.1) is 12.6 Å². The topological polar surface area (TPSA) is 61.4 Å². The highest BCUT2D eigenvalue weighted by atomic mass is 35.5. The van der Waals surface area contributed by atoms with E-state index in [0.717, 1.165) is 11.1 Å². The van der Waals surface area contributed by atoms with Gasteiger partial charge in [0.15, 0.2) is 0 Å². The summed E-state index contributed by atoms with van der Waals surface area (Å²) in [6.45, 7) is 6.46. The molecular formula is C21H25ClFN3O2. The van der Waals surface area contributed by atoms with Gasteiger partial charge in [0.1, 0.15) is 5.82 Å². The number of hydrogen-bond acceptors (Lipinski definition) is 3. The fraction of sp³-hybridized carbons (Fsp3) is 0.333. The van der Waals surface area contributed by atoms with Crippen molar-refractivity contribution >= 4 is 29.1 Å². The smallest absolute Gasteiger partial charge is 0.241 e. The second-order valence-electron chi connectivity index (χ2n) is 6.59. The first-order chi connectivity index (χ1) is 13.3. The maximum Gasteiger partial charge on any atom is 0.241 e. The molecule has 0 bridgehead atoms. The van der Waals surface area contributed by atoms with E-state index < -0.39 is 6.04 Å². The lowest BCUT2D eigenvalue weighted by Gasteiger charge is -2.26. The first-order valence-electron chi connectivity index (χ1n) is 9.12. The van der Waals surface area contributed by atoms with Crippen LogP contribution in [0.1, 0.15) is 25.0 Å². The number of carbonyl (C=O) groups excluding carboxylic acids is 2. The summed E-state index contributed by atoms with van der Waals surface area (Å²) < 4.78 is 12.9. The molecule has 7 heteroatoms. The molecular weight excluding hydrogens is 381 g/mol. The largest absolute Gasteiger partial charge is 0.351 e. The molecule has 0 aliphatic carbocycles. The van der Waals surface area contributed by atoms with Crippen molar-refractivity contribution in [3.63, 3.8) is 0 Å². The van der Waals surface area contributed by atoms with Gasteiger partial charge in [-0.3, -0.25) is 14.5 Å². The van der Waals surface area contributed by atoms with Crippen LogP contribution in [0.2, 0.25) is 5.02 Å². The van der Waals surface area contributed by atoms with Gasteiger partial charge in [-0.25, -0.2) is 4.39 Å². The third kappa shape index (κ3) is 6.32. The van der Waals surface area contributed by atoms with E-state index in [1.165, 1.54) is 12.1 Å². The van der Waals surface area contributed by atoms with Crippen molar-refractivity contribution in [3.8, 4) is 0 Å². The second kappa shape index (κ2) is 10.2. The molecule has 0 aliphatic rings. The number of nitrogens with one attached hydrogen (secondary N) is 2. The van der Waals surface area contributed by atoms with Crippen molar-refractivity contribution in [2.45, 2.75) is 33.4 Å². The number of anilines is 1. The van der Waals surface area contributed by atoms with E-state index in [1.807, 2.05) is 19.9 Å². The fourth-order valence-electron chi connectivity index (χ4n) is 2.70. The maximum atomic E-state index is 12.9. The summed E-state index contributed by atoms with van der Waals surface area (Å²) in [6.07, 6.45) is 0. The normalized spacial score (nSPS) is 11.9. The Kier molecular flexibility index (Phi) is 7.96. The Morgan fingerprint density at radius 2 is 1.86 bits per heavy atom. The van der Waals surface area contributed by atoms with E-state index in [2.05, 4.69) is 10.6 Å². The third-order valence-electron chi connectivity index (χ3n) is 4.54. The summed E-state index contributed by atoms with van der Waals surface area (Å²) in [6, 6.07) is 10.7. The molecule has 0 spiro atoms. The number of hydrogen-bond donors (Lipinski definition) is 2. The molecule has 150 valence electrons. The highest BCUT2D eigenvalue weighted by molar-refractivity contribution is 6.31. The number of aryl methyl sites for hydroxylation is 1. The van der Waals surface area contributed by atoms with Crippen LogP contribution in [0.3, 0.4) is 0 Å². The Morgan fingerprint density at radius 1 is 1.18 bits per heavy atom. The summed E-state index contributed by atoms with van der Waals surface area (Å²) in [5.41, 5.74) is 2.37. The van der Waals surface area contributed by atoms with Gasteiger partial charge in [-0.1, -0.05) is 36.7 Å². The fourth-order valence-corrected chi connectivity index (χ4v) is 2.87. The zero-order valence-electron chi connectivity index (χ0n) is 16.3. The molecule has 1 atom stereocenters. The molecule has 0 saturated carbocycles. The van der Waals surface area contributed by atoms with E-state index >= 15 is 0 Å². The molecule has 2 N–H and O–H groups in total. The van der Waals surface area contributed by atoms with Crippen LogP contribution in [0.4, 0.5) is 10.1 Å². The van der Waals surface area contributed by atoms with Crippen molar-refractivity contribution in [1.82, 2.24) is 10.2 Å². The molecule has 0 fully saturated rings. The number of halogens is 2. The zero-order valence-corrected chi connectivity index (χ0v) is 17.0. The van der Waals surface area contributed by atoms with Gasteiger partial charge in [0.2, 0.25) is 11.8 Å². The van der Waals surface area contributed by atoms with E-state index in [-0.39, 0.29) is 24.2 Å². The number of carbonyl (C=O) groups is 2. The van der Waals surface area contributed by atoms with Crippen LogP contribution in [-0.2, 0) is 16.1 Å². The van der Waals surface area contributed by atoms with E-state index in [1.54, 1.807) is 36.1 Å². The third-order valence-corrected chi connectivity index (χ3v) is 4.78. The average Bonchev–Trinajstić information content (AvgIpc) is 2.67. The predicted molar refractivity (Wildman–Crippen MR) is 110 cm³/mol. The number of amides is 2. The Morgan fingerprint density at radius 3 is 2.50 bits per heavy atom. The predicted octanol–water partition coefficient (Wildman–Crippen LogP) is 3.75. The van der Waals surface area contributed by atoms with Crippen molar-refractivity contribution in [2.24, 2.45) is 0 Å². The highest BCUT2D eigenvalue weighted by Crippen LogP contribution is 2.20. The lowest BCUT2D eigenvalue weighted by Crippen LogP contribution is -2.46. The molecule has 2 aromatic rings. The quantitative estimate of drug-likeness (QED) is 0.703. The molecule has 0 heterocycles. The lowest BCUT2D eigenvalue weighted by molar-refractivity contribution is -0.125. The van der Waals surface area contributed by atoms with Gasteiger partial charge in [-0.05, 0) is 55.8 Å². The number of likely N-dealkylation sites (N-methyl/N-ethyl adjacent to an activating group) is 1. The Hall–Kier alpha value is -2.44. The van der Waals surface area contributed by atoms with Crippen molar-refractivity contribution in [2.75, 3.05) is 18.4 Å². The van der Waals surface area contributed by atoms with Crippen LogP contribution in [0, 0.1) is 12.7 Å². The lowest BCUT2D eigenvalue weighted by atomic mass is 10.2. The molecule has 0 aliphatic heterocycles. The van der Waals surface area contributed by atoms with Gasteiger partial charge >= 0.3 is 0 Å². The Bertz CT molecular complexity index is 827. The molecule has 2 rings (SSSR count). The molecule has 2 amide bonds. The highest BCUT2D eigenvalue weighted by Gasteiger charge is 2.22. The standard InChI is InChI=1S/C21H25ClFN3O2/c1-4-26(13-20(27)24-12-16-6-9-18(23)10-7-16)15(3)21(28)25-19-11-17(22)8-5-14(19)2/h5-11,15H,4,12-13H2,1-3H3,(H,24,27)(H,25,28). The first kappa shape index (κ1) is 21.9. The molecule has 2 aromatic carbocycles. The van der Waals surface area contributed by atoms with Crippen LogP contribution in [-0.4, -0.2) is 35.8 Å². The van der Waals surface area contributed by atoms with Crippen LogP contribution in [0.5, 0.6) is 0 Å². The summed E-state index contributed by atoms with van der Waals surface area (Å²) in [4.78, 5) is 26.6. The van der Waals surface area contributed by atoms with E-state index in [9.17, 15) is 14.0 Å². The monoisotopic (exact) mass is 405 g/mol. The number of benzene rings is 2. The van der Waals surface area contributed by atoms with Gasteiger partial charge < -0.3 is 10.6 Å².